The van der Waals surface area contributed by atoms with Crippen molar-refractivity contribution in [3.8, 4) is 0 Å². The van der Waals surface area contributed by atoms with Crippen LogP contribution in [0.25, 0.3) is 0 Å². The zero-order valence-electron chi connectivity index (χ0n) is 12.4. The molecule has 0 aliphatic carbocycles. The Morgan fingerprint density at radius 1 is 1.23 bits per heavy atom. The molecule has 2 amide bonds. The SMILES string of the molecule is Cc1cccc(NC(=O)c2cccc(N3CCCC3=O)c2)n1. The van der Waals surface area contributed by atoms with Crippen molar-refractivity contribution in [1.29, 1.82) is 0 Å². The largest absolute Gasteiger partial charge is 0.312 e. The van der Waals surface area contributed by atoms with Gasteiger partial charge in [-0.05, 0) is 43.7 Å². The van der Waals surface area contributed by atoms with Gasteiger partial charge in [0.2, 0.25) is 5.91 Å². The van der Waals surface area contributed by atoms with Crippen LogP contribution in [0.5, 0.6) is 0 Å². The number of carbonyl (C=O) groups is 2. The number of nitrogens with one attached hydrogen (secondary N) is 1. The quantitative estimate of drug-likeness (QED) is 0.947. The van der Waals surface area contributed by atoms with Crippen molar-refractivity contribution < 1.29 is 9.59 Å². The highest BCUT2D eigenvalue weighted by Gasteiger charge is 2.22. The fourth-order valence-electron chi connectivity index (χ4n) is 2.54. The molecule has 1 N–H and O–H groups in total. The number of carbonyl (C=O) groups excluding carboxylic acids is 2. The first kappa shape index (κ1) is 14.3. The number of hydrogen-bond acceptors (Lipinski definition) is 3. The number of pyridine rings is 1. The van der Waals surface area contributed by atoms with Crippen molar-refractivity contribution in [3.63, 3.8) is 0 Å². The molecule has 3 rings (SSSR count). The average Bonchev–Trinajstić information content (AvgIpc) is 2.93. The predicted octanol–water partition coefficient (Wildman–Crippen LogP) is 2.77. The van der Waals surface area contributed by atoms with Crippen molar-refractivity contribution in [2.45, 2.75) is 19.8 Å². The molecule has 1 saturated heterocycles. The van der Waals surface area contributed by atoms with Crippen molar-refractivity contribution in [2.24, 2.45) is 0 Å². The third-order valence-corrected chi connectivity index (χ3v) is 3.62. The highest BCUT2D eigenvalue weighted by atomic mass is 16.2. The van der Waals surface area contributed by atoms with Gasteiger partial charge in [-0.2, -0.15) is 0 Å². The van der Waals surface area contributed by atoms with Crippen molar-refractivity contribution >= 4 is 23.3 Å². The highest BCUT2D eigenvalue weighted by Crippen LogP contribution is 2.22. The smallest absolute Gasteiger partial charge is 0.256 e. The topological polar surface area (TPSA) is 62.3 Å². The lowest BCUT2D eigenvalue weighted by Gasteiger charge is -2.16. The van der Waals surface area contributed by atoms with E-state index < -0.39 is 0 Å². The van der Waals surface area contributed by atoms with E-state index in [4.69, 9.17) is 0 Å². The summed E-state index contributed by atoms with van der Waals surface area (Å²) in [4.78, 5) is 30.1. The molecule has 1 aliphatic heterocycles. The molecule has 0 radical (unpaired) electrons. The summed E-state index contributed by atoms with van der Waals surface area (Å²) in [5.74, 6) is 0.400. The van der Waals surface area contributed by atoms with E-state index in [9.17, 15) is 9.59 Å². The lowest BCUT2D eigenvalue weighted by atomic mass is 10.1. The van der Waals surface area contributed by atoms with Gasteiger partial charge in [0, 0.05) is 29.9 Å². The summed E-state index contributed by atoms with van der Waals surface area (Å²) in [5.41, 5.74) is 2.13. The number of nitrogens with zero attached hydrogens (tertiary/aromatic N) is 2. The lowest BCUT2D eigenvalue weighted by molar-refractivity contribution is -0.117. The minimum absolute atomic E-state index is 0.109. The second-order valence-electron chi connectivity index (χ2n) is 5.32. The van der Waals surface area contributed by atoms with E-state index in [0.29, 0.717) is 24.3 Å². The van der Waals surface area contributed by atoms with Crippen LogP contribution in [0.1, 0.15) is 28.9 Å². The third kappa shape index (κ3) is 2.98. The Kier molecular flexibility index (Phi) is 3.87. The van der Waals surface area contributed by atoms with Crippen LogP contribution in [0, 0.1) is 6.92 Å². The molecule has 0 bridgehead atoms. The summed E-state index contributed by atoms with van der Waals surface area (Å²) in [6.45, 7) is 2.58. The Morgan fingerprint density at radius 2 is 2.05 bits per heavy atom. The van der Waals surface area contributed by atoms with Crippen molar-refractivity contribution in [2.75, 3.05) is 16.8 Å². The molecule has 0 atom stereocenters. The first-order valence-corrected chi connectivity index (χ1v) is 7.29. The van der Waals surface area contributed by atoms with Crippen LogP contribution >= 0.6 is 0 Å². The molecule has 112 valence electrons. The minimum atomic E-state index is -0.230. The van der Waals surface area contributed by atoms with Crippen LogP contribution in [0.2, 0.25) is 0 Å². The summed E-state index contributed by atoms with van der Waals surface area (Å²) in [5, 5.41) is 2.77. The number of aryl methyl sites for hydroxylation is 1. The average molecular weight is 295 g/mol. The molecule has 0 saturated carbocycles. The summed E-state index contributed by atoms with van der Waals surface area (Å²) < 4.78 is 0. The fourth-order valence-corrected chi connectivity index (χ4v) is 2.54. The first-order valence-electron chi connectivity index (χ1n) is 7.29. The second-order valence-corrected chi connectivity index (χ2v) is 5.32. The normalized spacial score (nSPS) is 14.2. The van der Waals surface area contributed by atoms with Gasteiger partial charge in [0.15, 0.2) is 0 Å². The minimum Gasteiger partial charge on any atom is -0.312 e. The summed E-state index contributed by atoms with van der Waals surface area (Å²) in [6.07, 6.45) is 1.44. The molecule has 0 spiro atoms. The Balaban J connectivity index is 1.79. The number of anilines is 2. The maximum absolute atomic E-state index is 12.3. The Bertz CT molecular complexity index is 727. The van der Waals surface area contributed by atoms with E-state index in [2.05, 4.69) is 10.3 Å². The highest BCUT2D eigenvalue weighted by molar-refractivity contribution is 6.05. The molecule has 1 aliphatic rings. The number of hydrogen-bond donors (Lipinski definition) is 1. The van der Waals surface area contributed by atoms with Crippen LogP contribution in [0.3, 0.4) is 0 Å². The van der Waals surface area contributed by atoms with Gasteiger partial charge in [-0.15, -0.1) is 0 Å². The first-order chi connectivity index (χ1) is 10.6. The van der Waals surface area contributed by atoms with Crippen molar-refractivity contribution in [3.05, 3.63) is 53.7 Å². The molecular formula is C17H17N3O2. The van der Waals surface area contributed by atoms with E-state index in [-0.39, 0.29) is 11.8 Å². The molecule has 1 aromatic heterocycles. The van der Waals surface area contributed by atoms with Gasteiger partial charge >= 0.3 is 0 Å². The Hall–Kier alpha value is -2.69. The number of amides is 2. The monoisotopic (exact) mass is 295 g/mol. The molecule has 0 unspecified atom stereocenters. The predicted molar refractivity (Wildman–Crippen MR) is 85.0 cm³/mol. The van der Waals surface area contributed by atoms with Gasteiger partial charge in [0.05, 0.1) is 0 Å². The standard InChI is InChI=1S/C17H17N3O2/c1-12-5-2-8-15(18-12)19-17(22)13-6-3-7-14(11-13)20-10-4-9-16(20)21/h2-3,5-8,11H,4,9-10H2,1H3,(H,18,19,22). The summed E-state index contributed by atoms with van der Waals surface area (Å²) in [6, 6.07) is 12.6. The second kappa shape index (κ2) is 5.97. The van der Waals surface area contributed by atoms with Crippen LogP contribution in [-0.2, 0) is 4.79 Å². The van der Waals surface area contributed by atoms with Gasteiger partial charge in [-0.3, -0.25) is 9.59 Å². The molecular weight excluding hydrogens is 278 g/mol. The Labute approximate surface area is 129 Å². The molecule has 2 heterocycles. The van der Waals surface area contributed by atoms with E-state index in [0.717, 1.165) is 17.8 Å². The van der Waals surface area contributed by atoms with Gasteiger partial charge in [0.25, 0.3) is 5.91 Å². The third-order valence-electron chi connectivity index (χ3n) is 3.62. The Morgan fingerprint density at radius 3 is 2.77 bits per heavy atom. The molecule has 5 heteroatoms. The van der Waals surface area contributed by atoms with Crippen LogP contribution in [-0.4, -0.2) is 23.3 Å². The van der Waals surface area contributed by atoms with Crippen LogP contribution < -0.4 is 10.2 Å². The molecule has 5 nitrogen and oxygen atoms in total. The number of rotatable bonds is 3. The maximum Gasteiger partial charge on any atom is 0.256 e. The molecule has 1 aromatic carbocycles. The number of aromatic nitrogens is 1. The van der Waals surface area contributed by atoms with Crippen LogP contribution in [0.4, 0.5) is 11.5 Å². The van der Waals surface area contributed by atoms with E-state index >= 15 is 0 Å². The van der Waals surface area contributed by atoms with E-state index in [1.165, 1.54) is 0 Å². The van der Waals surface area contributed by atoms with Crippen LogP contribution in [0.15, 0.2) is 42.5 Å². The summed E-state index contributed by atoms with van der Waals surface area (Å²) in [7, 11) is 0. The van der Waals surface area contributed by atoms with E-state index in [1.54, 1.807) is 29.2 Å². The van der Waals surface area contributed by atoms with Gasteiger partial charge in [0.1, 0.15) is 5.82 Å². The van der Waals surface area contributed by atoms with Crippen molar-refractivity contribution in [1.82, 2.24) is 4.98 Å². The van der Waals surface area contributed by atoms with Gasteiger partial charge in [-0.1, -0.05) is 12.1 Å². The van der Waals surface area contributed by atoms with Gasteiger partial charge in [-0.25, -0.2) is 4.98 Å². The fraction of sp³-hybridized carbons (Fsp3) is 0.235. The zero-order chi connectivity index (χ0) is 15.5. The van der Waals surface area contributed by atoms with E-state index in [1.807, 2.05) is 25.1 Å². The summed E-state index contributed by atoms with van der Waals surface area (Å²) >= 11 is 0. The molecule has 2 aromatic rings. The molecule has 1 fully saturated rings. The number of benzene rings is 1. The molecule has 22 heavy (non-hydrogen) atoms. The van der Waals surface area contributed by atoms with Gasteiger partial charge < -0.3 is 10.2 Å². The maximum atomic E-state index is 12.3. The zero-order valence-corrected chi connectivity index (χ0v) is 12.4. The lowest BCUT2D eigenvalue weighted by Crippen LogP contribution is -2.24.